The molecule has 0 aliphatic heterocycles. The third kappa shape index (κ3) is 4.02. The average Bonchev–Trinajstić information content (AvgIpc) is 2.92. The maximum atomic E-state index is 11.9. The SMILES string of the molecule is CCNC(c1snnc1CC)C1CCCC(S(C)(=O)=O)C1. The quantitative estimate of drug-likeness (QED) is 0.866. The van der Waals surface area contributed by atoms with Crippen LogP contribution in [0.25, 0.3) is 0 Å². The predicted molar refractivity (Wildman–Crippen MR) is 86.3 cm³/mol. The Morgan fingerprint density at radius 2 is 2.14 bits per heavy atom. The number of nitrogens with one attached hydrogen (secondary N) is 1. The maximum Gasteiger partial charge on any atom is 0.150 e. The van der Waals surface area contributed by atoms with Crippen LogP contribution in [-0.4, -0.2) is 36.1 Å². The Kier molecular flexibility index (Phi) is 5.73. The highest BCUT2D eigenvalue weighted by Crippen LogP contribution is 2.38. The minimum atomic E-state index is -2.95. The van der Waals surface area contributed by atoms with Crippen molar-refractivity contribution in [1.82, 2.24) is 14.9 Å². The Bertz CT molecular complexity index is 556. The molecule has 0 spiro atoms. The van der Waals surface area contributed by atoms with Crippen LogP contribution in [0.2, 0.25) is 0 Å². The number of hydrogen-bond acceptors (Lipinski definition) is 6. The number of nitrogens with zero attached hydrogens (tertiary/aromatic N) is 2. The van der Waals surface area contributed by atoms with Crippen LogP contribution in [0.1, 0.15) is 56.1 Å². The molecule has 1 aromatic rings. The van der Waals surface area contributed by atoms with Gasteiger partial charge in [-0.3, -0.25) is 0 Å². The van der Waals surface area contributed by atoms with Gasteiger partial charge in [0.15, 0.2) is 0 Å². The lowest BCUT2D eigenvalue weighted by molar-refractivity contribution is 0.277. The van der Waals surface area contributed by atoms with Crippen molar-refractivity contribution in [2.24, 2.45) is 5.92 Å². The van der Waals surface area contributed by atoms with Gasteiger partial charge in [0.05, 0.1) is 15.8 Å². The van der Waals surface area contributed by atoms with Crippen LogP contribution in [-0.2, 0) is 16.3 Å². The molecule has 1 N–H and O–H groups in total. The first-order valence-electron chi connectivity index (χ1n) is 7.70. The van der Waals surface area contributed by atoms with E-state index in [-0.39, 0.29) is 11.3 Å². The molecule has 0 saturated heterocycles. The van der Waals surface area contributed by atoms with Crippen molar-refractivity contribution < 1.29 is 8.42 Å². The molecule has 1 aromatic heterocycles. The van der Waals surface area contributed by atoms with E-state index in [1.54, 1.807) is 0 Å². The van der Waals surface area contributed by atoms with E-state index >= 15 is 0 Å². The summed E-state index contributed by atoms with van der Waals surface area (Å²) in [5.74, 6) is 0.353. The summed E-state index contributed by atoms with van der Waals surface area (Å²) in [5.41, 5.74) is 1.05. The van der Waals surface area contributed by atoms with E-state index < -0.39 is 9.84 Å². The molecular formula is C14H25N3O2S2. The first-order valence-corrected chi connectivity index (χ1v) is 10.4. The zero-order valence-corrected chi connectivity index (χ0v) is 14.6. The Morgan fingerprint density at radius 1 is 1.38 bits per heavy atom. The maximum absolute atomic E-state index is 11.9. The monoisotopic (exact) mass is 331 g/mol. The van der Waals surface area contributed by atoms with Gasteiger partial charge in [0.25, 0.3) is 0 Å². The fourth-order valence-corrected chi connectivity index (χ4v) is 5.36. The Hall–Kier alpha value is -0.530. The van der Waals surface area contributed by atoms with Gasteiger partial charge in [-0.15, -0.1) is 5.10 Å². The van der Waals surface area contributed by atoms with Gasteiger partial charge >= 0.3 is 0 Å². The van der Waals surface area contributed by atoms with Crippen LogP contribution < -0.4 is 5.32 Å². The molecule has 0 bridgehead atoms. The van der Waals surface area contributed by atoms with Crippen molar-refractivity contribution in [2.75, 3.05) is 12.8 Å². The Balaban J connectivity index is 2.22. The third-order valence-electron chi connectivity index (χ3n) is 4.37. The minimum absolute atomic E-state index is 0.189. The van der Waals surface area contributed by atoms with Crippen LogP contribution in [0.4, 0.5) is 0 Å². The number of rotatable bonds is 6. The summed E-state index contributed by atoms with van der Waals surface area (Å²) in [6.45, 7) is 5.04. The van der Waals surface area contributed by atoms with E-state index in [9.17, 15) is 8.42 Å². The van der Waals surface area contributed by atoms with Gasteiger partial charge in [0.1, 0.15) is 9.84 Å². The van der Waals surface area contributed by atoms with E-state index in [1.165, 1.54) is 22.7 Å². The highest BCUT2D eigenvalue weighted by molar-refractivity contribution is 7.91. The van der Waals surface area contributed by atoms with Gasteiger partial charge < -0.3 is 5.32 Å². The second-order valence-electron chi connectivity index (χ2n) is 5.85. The summed E-state index contributed by atoms with van der Waals surface area (Å²) in [6.07, 6.45) is 5.85. The summed E-state index contributed by atoms with van der Waals surface area (Å²) in [6, 6.07) is 0.189. The number of aryl methyl sites for hydroxylation is 1. The lowest BCUT2D eigenvalue weighted by atomic mass is 9.82. The first kappa shape index (κ1) is 16.8. The highest BCUT2D eigenvalue weighted by Gasteiger charge is 2.35. The normalized spacial score (nSPS) is 24.9. The fraction of sp³-hybridized carbons (Fsp3) is 0.857. The first-order chi connectivity index (χ1) is 9.97. The number of sulfone groups is 1. The molecule has 1 heterocycles. The van der Waals surface area contributed by atoms with Crippen molar-refractivity contribution in [3.8, 4) is 0 Å². The largest absolute Gasteiger partial charge is 0.309 e. The Morgan fingerprint density at radius 3 is 2.76 bits per heavy atom. The van der Waals surface area contributed by atoms with Crippen molar-refractivity contribution in [3.05, 3.63) is 10.6 Å². The lowest BCUT2D eigenvalue weighted by Crippen LogP contribution is -2.35. The number of aromatic nitrogens is 2. The standard InChI is InChI=1S/C14H25N3O2S2/c1-4-12-14(20-17-16-12)13(15-5-2)10-7-6-8-11(9-10)21(3,18)19/h10-11,13,15H,4-9H2,1-3H3. The molecule has 21 heavy (non-hydrogen) atoms. The molecule has 1 fully saturated rings. The third-order valence-corrected chi connectivity index (χ3v) is 6.86. The molecule has 1 saturated carbocycles. The average molecular weight is 332 g/mol. The van der Waals surface area contributed by atoms with Crippen LogP contribution in [0.15, 0.2) is 0 Å². The highest BCUT2D eigenvalue weighted by atomic mass is 32.2. The molecule has 2 rings (SSSR count). The molecular weight excluding hydrogens is 306 g/mol. The molecule has 1 aliphatic rings. The molecule has 0 amide bonds. The molecule has 7 heteroatoms. The van der Waals surface area contributed by atoms with Gasteiger partial charge in [0, 0.05) is 12.3 Å². The van der Waals surface area contributed by atoms with Gasteiger partial charge in [-0.25, -0.2) is 8.42 Å². The summed E-state index contributed by atoms with van der Waals surface area (Å²) in [7, 11) is -2.95. The lowest BCUT2D eigenvalue weighted by Gasteiger charge is -2.34. The minimum Gasteiger partial charge on any atom is -0.309 e. The summed E-state index contributed by atoms with van der Waals surface area (Å²) in [5, 5.41) is 7.56. The zero-order valence-electron chi connectivity index (χ0n) is 13.0. The van der Waals surface area contributed by atoms with E-state index in [1.807, 2.05) is 0 Å². The van der Waals surface area contributed by atoms with E-state index in [2.05, 4.69) is 28.8 Å². The fourth-order valence-electron chi connectivity index (χ4n) is 3.26. The molecule has 1 aliphatic carbocycles. The topological polar surface area (TPSA) is 72.0 Å². The molecule has 3 unspecified atom stereocenters. The molecule has 0 aromatic carbocycles. The van der Waals surface area contributed by atoms with Crippen LogP contribution in [0, 0.1) is 5.92 Å². The molecule has 0 radical (unpaired) electrons. The van der Waals surface area contributed by atoms with Gasteiger partial charge in [-0.1, -0.05) is 24.8 Å². The van der Waals surface area contributed by atoms with Crippen molar-refractivity contribution >= 4 is 21.4 Å². The van der Waals surface area contributed by atoms with Crippen molar-refractivity contribution in [2.45, 2.75) is 57.2 Å². The van der Waals surface area contributed by atoms with Crippen LogP contribution in [0.3, 0.4) is 0 Å². The second kappa shape index (κ2) is 7.15. The molecule has 5 nitrogen and oxygen atoms in total. The van der Waals surface area contributed by atoms with Crippen molar-refractivity contribution in [3.63, 3.8) is 0 Å². The zero-order chi connectivity index (χ0) is 15.5. The summed E-state index contributed by atoms with van der Waals surface area (Å²) >= 11 is 1.45. The molecule has 120 valence electrons. The van der Waals surface area contributed by atoms with Crippen molar-refractivity contribution in [1.29, 1.82) is 0 Å². The predicted octanol–water partition coefficient (Wildman–Crippen LogP) is 2.35. The number of hydrogen-bond donors (Lipinski definition) is 1. The van der Waals surface area contributed by atoms with Gasteiger partial charge in [-0.2, -0.15) is 0 Å². The summed E-state index contributed by atoms with van der Waals surface area (Å²) in [4.78, 5) is 1.19. The van der Waals surface area contributed by atoms with Gasteiger partial charge in [0.2, 0.25) is 0 Å². The Labute approximate surface area is 131 Å². The second-order valence-corrected chi connectivity index (χ2v) is 8.96. The van der Waals surface area contributed by atoms with E-state index in [0.29, 0.717) is 5.92 Å². The van der Waals surface area contributed by atoms with Crippen LogP contribution in [0.5, 0.6) is 0 Å². The van der Waals surface area contributed by atoms with Gasteiger partial charge in [-0.05, 0) is 49.7 Å². The summed E-state index contributed by atoms with van der Waals surface area (Å²) < 4.78 is 27.9. The van der Waals surface area contributed by atoms with E-state index in [4.69, 9.17) is 0 Å². The van der Waals surface area contributed by atoms with Crippen LogP contribution >= 0.6 is 11.5 Å². The molecule has 3 atom stereocenters. The van der Waals surface area contributed by atoms with E-state index in [0.717, 1.165) is 44.3 Å². The smallest absolute Gasteiger partial charge is 0.150 e.